The van der Waals surface area contributed by atoms with Crippen molar-refractivity contribution in [3.63, 3.8) is 0 Å². The van der Waals surface area contributed by atoms with E-state index in [2.05, 4.69) is 9.69 Å². The summed E-state index contributed by atoms with van der Waals surface area (Å²) in [5.41, 5.74) is 0.258. The number of nitrogens with zero attached hydrogens (tertiary/aromatic N) is 2. The molecule has 2 rings (SSSR count). The molecule has 0 aliphatic heterocycles. The van der Waals surface area contributed by atoms with Crippen molar-refractivity contribution in [1.29, 1.82) is 5.26 Å². The number of benzene rings is 1. The van der Waals surface area contributed by atoms with Crippen LogP contribution in [0.4, 0.5) is 9.39 Å². The van der Waals surface area contributed by atoms with Gasteiger partial charge in [-0.2, -0.15) is 9.64 Å². The molecule has 1 aromatic carbocycles. The van der Waals surface area contributed by atoms with Gasteiger partial charge in [0, 0.05) is 6.54 Å². The van der Waals surface area contributed by atoms with E-state index in [1.165, 1.54) is 24.3 Å². The second-order valence-electron chi connectivity index (χ2n) is 4.09. The summed E-state index contributed by atoms with van der Waals surface area (Å²) < 4.78 is 21.9. The number of aliphatic hydroxyl groups is 1. The molecule has 0 bridgehead atoms. The highest BCUT2D eigenvalue weighted by atomic mass is 35.5. The number of anilines is 1. The lowest BCUT2D eigenvalue weighted by molar-refractivity contribution is 0.117. The zero-order valence-electron chi connectivity index (χ0n) is 10.7. The molecular weight excluding hydrogens is 317 g/mol. The van der Waals surface area contributed by atoms with Gasteiger partial charge >= 0.3 is 0 Å². The monoisotopic (exact) mass is 327 g/mol. The number of ether oxygens (including phenoxy) is 1. The van der Waals surface area contributed by atoms with Crippen LogP contribution >= 0.6 is 23.1 Å². The third-order valence-electron chi connectivity index (χ3n) is 2.52. The Morgan fingerprint density at radius 3 is 2.86 bits per heavy atom. The molecule has 1 unspecified atom stereocenters. The number of aliphatic hydroxyl groups excluding tert-OH is 1. The molecule has 1 atom stereocenters. The van der Waals surface area contributed by atoms with E-state index in [9.17, 15) is 9.50 Å². The Labute approximate surface area is 129 Å². The van der Waals surface area contributed by atoms with Crippen LogP contribution in [0.5, 0.6) is 5.75 Å². The normalized spacial score (nSPS) is 11.7. The molecule has 0 radical (unpaired) electrons. The number of rotatable bonds is 6. The zero-order valence-corrected chi connectivity index (χ0v) is 12.3. The van der Waals surface area contributed by atoms with E-state index in [1.807, 2.05) is 6.07 Å². The molecule has 1 aromatic heterocycles. The van der Waals surface area contributed by atoms with Crippen molar-refractivity contribution in [3.8, 4) is 11.8 Å². The summed E-state index contributed by atoms with van der Waals surface area (Å²) in [5.74, 6) is 0.115. The van der Waals surface area contributed by atoms with E-state index in [0.717, 1.165) is 11.5 Å². The van der Waals surface area contributed by atoms with E-state index in [1.54, 1.807) is 0 Å². The quantitative estimate of drug-likeness (QED) is 0.852. The summed E-state index contributed by atoms with van der Waals surface area (Å²) in [6.45, 7) is 0.210. The van der Waals surface area contributed by atoms with Crippen LogP contribution in [0, 0.1) is 17.1 Å². The Balaban J connectivity index is 1.81. The summed E-state index contributed by atoms with van der Waals surface area (Å²) in [4.78, 5) is 0. The van der Waals surface area contributed by atoms with Crippen LogP contribution in [-0.2, 0) is 0 Å². The van der Waals surface area contributed by atoms with Gasteiger partial charge in [0.05, 0.1) is 0 Å². The molecule has 2 aromatic rings. The Kier molecular flexibility index (Phi) is 5.33. The number of halogens is 2. The van der Waals surface area contributed by atoms with Gasteiger partial charge in [0.1, 0.15) is 40.9 Å². The SMILES string of the molecule is N#Cc1c(Cl)nsc1NCC(O)COc1ccc(F)cc1. The summed E-state index contributed by atoms with van der Waals surface area (Å²) in [6.07, 6.45) is -0.803. The van der Waals surface area contributed by atoms with E-state index in [4.69, 9.17) is 21.6 Å². The minimum Gasteiger partial charge on any atom is -0.491 e. The number of nitrogens with one attached hydrogen (secondary N) is 1. The standard InChI is InChI=1S/C13H11ClFN3O2S/c14-12-11(5-16)13(21-18-12)17-6-9(19)7-20-10-3-1-8(15)2-4-10/h1-4,9,17,19H,6-7H2. The summed E-state index contributed by atoms with van der Waals surface area (Å²) in [5, 5.41) is 22.2. The Morgan fingerprint density at radius 1 is 1.48 bits per heavy atom. The molecule has 0 saturated carbocycles. The van der Waals surface area contributed by atoms with Crippen molar-refractivity contribution in [2.45, 2.75) is 6.10 Å². The molecule has 0 amide bonds. The first-order chi connectivity index (χ1) is 10.1. The molecule has 0 spiro atoms. The lowest BCUT2D eigenvalue weighted by Crippen LogP contribution is -2.26. The summed E-state index contributed by atoms with van der Waals surface area (Å²) in [6, 6.07) is 7.45. The molecule has 5 nitrogen and oxygen atoms in total. The van der Waals surface area contributed by atoms with Gasteiger partial charge in [-0.1, -0.05) is 11.6 Å². The van der Waals surface area contributed by atoms with Gasteiger partial charge in [-0.05, 0) is 35.8 Å². The number of hydrogen-bond donors (Lipinski definition) is 2. The third-order valence-corrected chi connectivity index (χ3v) is 3.70. The molecule has 110 valence electrons. The molecule has 0 aliphatic rings. The first-order valence-electron chi connectivity index (χ1n) is 5.95. The molecule has 2 N–H and O–H groups in total. The van der Waals surface area contributed by atoms with Crippen LogP contribution in [0.3, 0.4) is 0 Å². The second kappa shape index (κ2) is 7.22. The smallest absolute Gasteiger partial charge is 0.162 e. The van der Waals surface area contributed by atoms with E-state index >= 15 is 0 Å². The zero-order chi connectivity index (χ0) is 15.2. The maximum Gasteiger partial charge on any atom is 0.162 e. The Morgan fingerprint density at radius 2 is 2.19 bits per heavy atom. The van der Waals surface area contributed by atoms with Gasteiger partial charge in [-0.3, -0.25) is 0 Å². The first-order valence-corrected chi connectivity index (χ1v) is 7.11. The highest BCUT2D eigenvalue weighted by molar-refractivity contribution is 7.10. The highest BCUT2D eigenvalue weighted by Crippen LogP contribution is 2.27. The average Bonchev–Trinajstić information content (AvgIpc) is 2.84. The minimum absolute atomic E-state index is 0.0348. The van der Waals surface area contributed by atoms with Crippen molar-refractivity contribution in [3.05, 3.63) is 40.8 Å². The average molecular weight is 328 g/mol. The van der Waals surface area contributed by atoms with Crippen LogP contribution < -0.4 is 10.1 Å². The van der Waals surface area contributed by atoms with Gasteiger partial charge in [-0.15, -0.1) is 0 Å². The Bertz CT molecular complexity index is 642. The van der Waals surface area contributed by atoms with Crippen LogP contribution in [0.2, 0.25) is 5.15 Å². The molecule has 1 heterocycles. The maximum absolute atomic E-state index is 12.7. The largest absolute Gasteiger partial charge is 0.491 e. The van der Waals surface area contributed by atoms with E-state index in [0.29, 0.717) is 10.8 Å². The fourth-order valence-electron chi connectivity index (χ4n) is 1.48. The van der Waals surface area contributed by atoms with Gasteiger partial charge < -0.3 is 15.2 Å². The topological polar surface area (TPSA) is 78.2 Å². The third kappa shape index (κ3) is 4.29. The number of aromatic nitrogens is 1. The second-order valence-corrected chi connectivity index (χ2v) is 5.22. The lowest BCUT2D eigenvalue weighted by Gasteiger charge is -2.13. The van der Waals surface area contributed by atoms with Crippen molar-refractivity contribution >= 4 is 28.1 Å². The van der Waals surface area contributed by atoms with Gasteiger partial charge in [-0.25, -0.2) is 4.39 Å². The predicted octanol–water partition coefficient (Wildman–Crippen LogP) is 2.66. The lowest BCUT2D eigenvalue weighted by atomic mass is 10.3. The van der Waals surface area contributed by atoms with Crippen LogP contribution in [-0.4, -0.2) is 28.7 Å². The van der Waals surface area contributed by atoms with E-state index < -0.39 is 6.10 Å². The van der Waals surface area contributed by atoms with Gasteiger partial charge in [0.15, 0.2) is 5.15 Å². The number of hydrogen-bond acceptors (Lipinski definition) is 6. The van der Waals surface area contributed by atoms with Crippen LogP contribution in [0.25, 0.3) is 0 Å². The van der Waals surface area contributed by atoms with Crippen molar-refractivity contribution in [1.82, 2.24) is 4.37 Å². The van der Waals surface area contributed by atoms with Gasteiger partial charge in [0.25, 0.3) is 0 Å². The van der Waals surface area contributed by atoms with Crippen LogP contribution in [0.1, 0.15) is 5.56 Å². The maximum atomic E-state index is 12.7. The molecule has 21 heavy (non-hydrogen) atoms. The van der Waals surface area contributed by atoms with Crippen molar-refractivity contribution in [2.24, 2.45) is 0 Å². The molecular formula is C13H11ClFN3O2S. The predicted molar refractivity (Wildman–Crippen MR) is 78.2 cm³/mol. The van der Waals surface area contributed by atoms with Crippen molar-refractivity contribution < 1.29 is 14.2 Å². The molecule has 0 aliphatic carbocycles. The molecule has 0 saturated heterocycles. The molecule has 0 fully saturated rings. The highest BCUT2D eigenvalue weighted by Gasteiger charge is 2.13. The number of nitriles is 1. The Hall–Kier alpha value is -1.88. The van der Waals surface area contributed by atoms with Gasteiger partial charge in [0.2, 0.25) is 0 Å². The molecule has 8 heteroatoms. The van der Waals surface area contributed by atoms with Crippen LogP contribution in [0.15, 0.2) is 24.3 Å². The fraction of sp³-hybridized carbons (Fsp3) is 0.231. The summed E-state index contributed by atoms with van der Waals surface area (Å²) >= 11 is 6.78. The first kappa shape index (κ1) is 15.5. The fourth-order valence-corrected chi connectivity index (χ4v) is 2.42. The minimum atomic E-state index is -0.803. The van der Waals surface area contributed by atoms with E-state index in [-0.39, 0.29) is 29.7 Å². The van der Waals surface area contributed by atoms with Crippen molar-refractivity contribution in [2.75, 3.05) is 18.5 Å². The summed E-state index contributed by atoms with van der Waals surface area (Å²) in [7, 11) is 0.